The molecule has 0 bridgehead atoms. The van der Waals surface area contributed by atoms with E-state index in [1.165, 1.54) is 24.2 Å². The van der Waals surface area contributed by atoms with Crippen molar-refractivity contribution >= 4 is 23.9 Å². The van der Waals surface area contributed by atoms with E-state index in [1.54, 1.807) is 12.1 Å². The van der Waals surface area contributed by atoms with Crippen LogP contribution in [0.25, 0.3) is 5.69 Å². The van der Waals surface area contributed by atoms with Gasteiger partial charge in [0.25, 0.3) is 5.82 Å². The van der Waals surface area contributed by atoms with Gasteiger partial charge in [0.15, 0.2) is 6.29 Å². The van der Waals surface area contributed by atoms with Gasteiger partial charge in [0.1, 0.15) is 6.33 Å². The molecule has 0 radical (unpaired) electrons. The number of ether oxygens (including phenoxy) is 1. The van der Waals surface area contributed by atoms with Crippen molar-refractivity contribution in [3.63, 3.8) is 0 Å². The first-order valence-corrected chi connectivity index (χ1v) is 5.28. The highest BCUT2D eigenvalue weighted by atomic mass is 35.5. The molecule has 1 aromatic heterocycles. The standard InChI is InChI=1S/C11H8ClN3O3/c1-18-11(17)10-13-6-15(14-10)9-3-2-8(12)4-7(9)5-16/h2-6H,1H3. The molecule has 7 heteroatoms. The van der Waals surface area contributed by atoms with E-state index >= 15 is 0 Å². The lowest BCUT2D eigenvalue weighted by Gasteiger charge is -2.03. The highest BCUT2D eigenvalue weighted by Gasteiger charge is 2.13. The monoisotopic (exact) mass is 265 g/mol. The predicted molar refractivity (Wildman–Crippen MR) is 63.1 cm³/mol. The van der Waals surface area contributed by atoms with Crippen molar-refractivity contribution in [2.75, 3.05) is 7.11 Å². The molecule has 92 valence electrons. The van der Waals surface area contributed by atoms with Crippen LogP contribution < -0.4 is 0 Å². The van der Waals surface area contributed by atoms with Crippen molar-refractivity contribution in [2.24, 2.45) is 0 Å². The van der Waals surface area contributed by atoms with Crippen LogP contribution in [0.15, 0.2) is 24.5 Å². The lowest BCUT2D eigenvalue weighted by atomic mass is 10.2. The fourth-order valence-electron chi connectivity index (χ4n) is 1.39. The van der Waals surface area contributed by atoms with Gasteiger partial charge in [-0.3, -0.25) is 4.79 Å². The maximum atomic E-state index is 11.2. The summed E-state index contributed by atoms with van der Waals surface area (Å²) < 4.78 is 5.81. The second kappa shape index (κ2) is 4.97. The molecule has 2 aromatic rings. The molecular weight excluding hydrogens is 258 g/mol. The van der Waals surface area contributed by atoms with Gasteiger partial charge in [-0.05, 0) is 18.2 Å². The maximum Gasteiger partial charge on any atom is 0.377 e. The van der Waals surface area contributed by atoms with Crippen LogP contribution in [0.3, 0.4) is 0 Å². The Morgan fingerprint density at radius 3 is 2.94 bits per heavy atom. The molecule has 0 aliphatic carbocycles. The number of carbonyl (C=O) groups is 2. The van der Waals surface area contributed by atoms with E-state index < -0.39 is 5.97 Å². The lowest BCUT2D eigenvalue weighted by molar-refractivity contribution is 0.0587. The van der Waals surface area contributed by atoms with Crippen LogP contribution in [0.2, 0.25) is 5.02 Å². The van der Waals surface area contributed by atoms with Crippen molar-refractivity contribution < 1.29 is 14.3 Å². The van der Waals surface area contributed by atoms with Gasteiger partial charge in [-0.1, -0.05) is 11.6 Å². The summed E-state index contributed by atoms with van der Waals surface area (Å²) in [5.74, 6) is -0.723. The van der Waals surface area contributed by atoms with Gasteiger partial charge in [0.2, 0.25) is 0 Å². The number of hydrogen-bond donors (Lipinski definition) is 0. The van der Waals surface area contributed by atoms with E-state index in [1.807, 2.05) is 0 Å². The molecule has 0 saturated heterocycles. The highest BCUT2D eigenvalue weighted by Crippen LogP contribution is 2.17. The number of aldehydes is 1. The Kier molecular flexibility index (Phi) is 3.38. The zero-order valence-electron chi connectivity index (χ0n) is 9.33. The minimum atomic E-state index is -0.643. The molecule has 18 heavy (non-hydrogen) atoms. The van der Waals surface area contributed by atoms with Gasteiger partial charge in [0.05, 0.1) is 12.8 Å². The fraction of sp³-hybridized carbons (Fsp3) is 0.0909. The first-order chi connectivity index (χ1) is 8.65. The summed E-state index contributed by atoms with van der Waals surface area (Å²) >= 11 is 5.78. The summed E-state index contributed by atoms with van der Waals surface area (Å²) in [6.45, 7) is 0. The Hall–Kier alpha value is -2.21. The third-order valence-corrected chi connectivity index (χ3v) is 2.46. The van der Waals surface area contributed by atoms with Crippen molar-refractivity contribution in [1.82, 2.24) is 14.8 Å². The SMILES string of the molecule is COC(=O)c1ncn(-c2ccc(Cl)cc2C=O)n1. The summed E-state index contributed by atoms with van der Waals surface area (Å²) in [4.78, 5) is 25.9. The highest BCUT2D eigenvalue weighted by molar-refractivity contribution is 6.30. The molecule has 0 fully saturated rings. The first kappa shape index (κ1) is 12.3. The summed E-state index contributed by atoms with van der Waals surface area (Å²) in [7, 11) is 1.24. The van der Waals surface area contributed by atoms with E-state index in [2.05, 4.69) is 14.8 Å². The summed E-state index contributed by atoms with van der Waals surface area (Å²) in [5, 5.41) is 4.36. The van der Waals surface area contributed by atoms with Crippen LogP contribution in [0.4, 0.5) is 0 Å². The average molecular weight is 266 g/mol. The van der Waals surface area contributed by atoms with Crippen LogP contribution in [-0.2, 0) is 4.74 Å². The molecule has 0 spiro atoms. The van der Waals surface area contributed by atoms with Crippen molar-refractivity contribution in [1.29, 1.82) is 0 Å². The number of carbonyl (C=O) groups excluding carboxylic acids is 2. The molecular formula is C11H8ClN3O3. The summed E-state index contributed by atoms with van der Waals surface area (Å²) in [6, 6.07) is 4.73. The zero-order valence-corrected chi connectivity index (χ0v) is 10.1. The number of methoxy groups -OCH3 is 1. The normalized spacial score (nSPS) is 10.1. The topological polar surface area (TPSA) is 74.1 Å². The van der Waals surface area contributed by atoms with Crippen LogP contribution >= 0.6 is 11.6 Å². The number of esters is 1. The Morgan fingerprint density at radius 2 is 2.28 bits per heavy atom. The van der Waals surface area contributed by atoms with E-state index in [9.17, 15) is 9.59 Å². The van der Waals surface area contributed by atoms with E-state index in [4.69, 9.17) is 11.6 Å². The summed E-state index contributed by atoms with van der Waals surface area (Å²) in [6.07, 6.45) is 1.98. The van der Waals surface area contributed by atoms with Gasteiger partial charge in [-0.2, -0.15) is 0 Å². The molecule has 0 aliphatic rings. The second-order valence-corrected chi connectivity index (χ2v) is 3.76. The number of hydrogen-bond acceptors (Lipinski definition) is 5. The van der Waals surface area contributed by atoms with Gasteiger partial charge in [0, 0.05) is 10.6 Å². The van der Waals surface area contributed by atoms with Crippen LogP contribution in [0.5, 0.6) is 0 Å². The molecule has 1 aromatic carbocycles. The van der Waals surface area contributed by atoms with Gasteiger partial charge < -0.3 is 4.74 Å². The Balaban J connectivity index is 2.46. The minimum Gasteiger partial charge on any atom is -0.463 e. The molecule has 0 aliphatic heterocycles. The number of halogens is 1. The van der Waals surface area contributed by atoms with E-state index in [0.717, 1.165) is 0 Å². The third kappa shape index (κ3) is 2.23. The number of nitrogens with zero attached hydrogens (tertiary/aromatic N) is 3. The molecule has 0 amide bonds. The molecule has 0 unspecified atom stereocenters. The van der Waals surface area contributed by atoms with Crippen LogP contribution in [0.1, 0.15) is 21.0 Å². The Morgan fingerprint density at radius 1 is 1.50 bits per heavy atom. The molecule has 1 heterocycles. The predicted octanol–water partition coefficient (Wildman–Crippen LogP) is 1.52. The first-order valence-electron chi connectivity index (χ1n) is 4.91. The molecule has 0 saturated carbocycles. The molecule has 0 N–H and O–H groups in total. The molecule has 6 nitrogen and oxygen atoms in total. The van der Waals surface area contributed by atoms with Crippen LogP contribution in [0, 0.1) is 0 Å². The second-order valence-electron chi connectivity index (χ2n) is 3.33. The van der Waals surface area contributed by atoms with Crippen molar-refractivity contribution in [3.05, 3.63) is 40.9 Å². The van der Waals surface area contributed by atoms with Crippen molar-refractivity contribution in [2.45, 2.75) is 0 Å². The van der Waals surface area contributed by atoms with E-state index in [-0.39, 0.29) is 5.82 Å². The zero-order chi connectivity index (χ0) is 13.1. The lowest BCUT2D eigenvalue weighted by Crippen LogP contribution is -2.06. The van der Waals surface area contributed by atoms with Crippen molar-refractivity contribution in [3.8, 4) is 5.69 Å². The molecule has 0 atom stereocenters. The average Bonchev–Trinajstić information content (AvgIpc) is 2.87. The number of rotatable bonds is 3. The van der Waals surface area contributed by atoms with Crippen LogP contribution in [-0.4, -0.2) is 34.1 Å². The largest absolute Gasteiger partial charge is 0.463 e. The third-order valence-electron chi connectivity index (χ3n) is 2.22. The summed E-state index contributed by atoms with van der Waals surface area (Å²) in [5.41, 5.74) is 0.834. The number of aromatic nitrogens is 3. The Bertz CT molecular complexity index is 609. The van der Waals surface area contributed by atoms with Gasteiger partial charge in [-0.25, -0.2) is 14.5 Å². The van der Waals surface area contributed by atoms with Gasteiger partial charge in [-0.15, -0.1) is 5.10 Å². The maximum absolute atomic E-state index is 11.2. The molecule has 2 rings (SSSR count). The smallest absolute Gasteiger partial charge is 0.377 e. The minimum absolute atomic E-state index is 0.0794. The van der Waals surface area contributed by atoms with E-state index in [0.29, 0.717) is 22.6 Å². The quantitative estimate of drug-likeness (QED) is 0.621. The van der Waals surface area contributed by atoms with Gasteiger partial charge >= 0.3 is 5.97 Å². The Labute approximate surface area is 107 Å². The fourth-order valence-corrected chi connectivity index (χ4v) is 1.57. The number of benzene rings is 1.